The molecular weight excluding hydrogens is 432 g/mol. The molecule has 0 atom stereocenters. The van der Waals surface area contributed by atoms with Crippen LogP contribution in [0, 0.1) is 27.7 Å². The highest BCUT2D eigenvalue weighted by atomic mass is 35.5. The van der Waals surface area contributed by atoms with Gasteiger partial charge < -0.3 is 9.88 Å². The zero-order valence-corrected chi connectivity index (χ0v) is 19.8. The fourth-order valence-electron chi connectivity index (χ4n) is 4.13. The molecule has 0 aliphatic rings. The zero-order valence-electron chi connectivity index (χ0n) is 19.1. The number of carbonyl (C=O) groups is 1. The number of rotatable bonds is 4. The summed E-state index contributed by atoms with van der Waals surface area (Å²) >= 11 is 6.12. The molecule has 1 amide bonds. The molecular formula is C28H25ClN2O2. The molecule has 0 fully saturated rings. The van der Waals surface area contributed by atoms with Gasteiger partial charge in [-0.1, -0.05) is 53.6 Å². The van der Waals surface area contributed by atoms with Crippen LogP contribution in [0.25, 0.3) is 16.9 Å². The van der Waals surface area contributed by atoms with Gasteiger partial charge in [-0.3, -0.25) is 9.59 Å². The Bertz CT molecular complexity index is 1400. The lowest BCUT2D eigenvalue weighted by molar-refractivity contribution is 0.102. The summed E-state index contributed by atoms with van der Waals surface area (Å²) in [4.78, 5) is 26.9. The third kappa shape index (κ3) is 4.48. The van der Waals surface area contributed by atoms with Crippen molar-refractivity contribution in [1.82, 2.24) is 4.57 Å². The largest absolute Gasteiger partial charge is 0.321 e. The lowest BCUT2D eigenvalue weighted by Gasteiger charge is -2.21. The standard InChI is InChI=1S/C28H25ClN2O2/c1-17-7-5-10-21(15-17)27-25(28(33)30-26-18(2)8-6-9-19(26)3)24(32)16-20(4)31(27)23-13-11-22(29)12-14-23/h5-16H,1-4H3,(H,30,33). The van der Waals surface area contributed by atoms with Crippen molar-refractivity contribution in [3.63, 3.8) is 0 Å². The van der Waals surface area contributed by atoms with E-state index in [2.05, 4.69) is 5.32 Å². The fourth-order valence-corrected chi connectivity index (χ4v) is 4.25. The summed E-state index contributed by atoms with van der Waals surface area (Å²) in [5.41, 5.74) is 6.28. The average Bonchev–Trinajstić information content (AvgIpc) is 2.76. The number of halogens is 1. The molecule has 5 heteroatoms. The monoisotopic (exact) mass is 456 g/mol. The molecule has 0 saturated heterocycles. The van der Waals surface area contributed by atoms with Crippen LogP contribution in [-0.4, -0.2) is 10.5 Å². The molecule has 0 aliphatic carbocycles. The molecule has 3 aromatic carbocycles. The van der Waals surface area contributed by atoms with Gasteiger partial charge in [-0.05, 0) is 74.7 Å². The Balaban J connectivity index is 2.00. The van der Waals surface area contributed by atoms with Crippen molar-refractivity contribution in [2.45, 2.75) is 27.7 Å². The molecule has 1 heterocycles. The average molecular weight is 457 g/mol. The van der Waals surface area contributed by atoms with Crippen LogP contribution in [0.5, 0.6) is 0 Å². The van der Waals surface area contributed by atoms with Gasteiger partial charge in [-0.2, -0.15) is 0 Å². The van der Waals surface area contributed by atoms with E-state index < -0.39 is 5.91 Å². The minimum Gasteiger partial charge on any atom is -0.321 e. The van der Waals surface area contributed by atoms with Crippen molar-refractivity contribution in [1.29, 1.82) is 0 Å². The van der Waals surface area contributed by atoms with Crippen LogP contribution in [0.1, 0.15) is 32.7 Å². The van der Waals surface area contributed by atoms with Crippen molar-refractivity contribution >= 4 is 23.2 Å². The number of aromatic nitrogens is 1. The summed E-state index contributed by atoms with van der Waals surface area (Å²) in [5, 5.41) is 3.61. The first-order valence-electron chi connectivity index (χ1n) is 10.7. The molecule has 1 aromatic heterocycles. The van der Waals surface area contributed by atoms with Crippen LogP contribution in [0.4, 0.5) is 5.69 Å². The van der Waals surface area contributed by atoms with Crippen molar-refractivity contribution in [2.24, 2.45) is 0 Å². The minimum absolute atomic E-state index is 0.101. The van der Waals surface area contributed by atoms with Crippen molar-refractivity contribution in [3.8, 4) is 16.9 Å². The van der Waals surface area contributed by atoms with E-state index in [1.54, 1.807) is 12.1 Å². The number of nitrogens with zero attached hydrogens (tertiary/aromatic N) is 1. The second-order valence-corrected chi connectivity index (χ2v) is 8.71. The van der Waals surface area contributed by atoms with Crippen LogP contribution < -0.4 is 10.7 Å². The lowest BCUT2D eigenvalue weighted by atomic mass is 10.00. The van der Waals surface area contributed by atoms with Crippen LogP contribution in [0.15, 0.2) is 77.6 Å². The number of hydrogen-bond donors (Lipinski definition) is 1. The Morgan fingerprint density at radius 1 is 0.848 bits per heavy atom. The second kappa shape index (κ2) is 9.08. The Kier molecular flexibility index (Phi) is 6.21. The number of nitrogens with one attached hydrogen (secondary N) is 1. The van der Waals surface area contributed by atoms with Crippen molar-refractivity contribution < 1.29 is 4.79 Å². The van der Waals surface area contributed by atoms with Gasteiger partial charge in [-0.25, -0.2) is 0 Å². The number of hydrogen-bond acceptors (Lipinski definition) is 2. The maximum Gasteiger partial charge on any atom is 0.261 e. The molecule has 0 saturated carbocycles. The third-order valence-corrected chi connectivity index (χ3v) is 5.97. The van der Waals surface area contributed by atoms with Gasteiger partial charge in [0.05, 0.1) is 5.69 Å². The van der Waals surface area contributed by atoms with Gasteiger partial charge in [0, 0.05) is 28.2 Å². The van der Waals surface area contributed by atoms with Gasteiger partial charge in [0.2, 0.25) is 0 Å². The number of carbonyl (C=O) groups excluding carboxylic acids is 1. The van der Waals surface area contributed by atoms with E-state index in [9.17, 15) is 9.59 Å². The van der Waals surface area contributed by atoms with Crippen LogP contribution in [0.3, 0.4) is 0 Å². The summed E-state index contributed by atoms with van der Waals surface area (Å²) < 4.78 is 1.94. The summed E-state index contributed by atoms with van der Waals surface area (Å²) in [6, 6.07) is 22.5. The smallest absolute Gasteiger partial charge is 0.261 e. The molecule has 0 spiro atoms. The number of amides is 1. The van der Waals surface area contributed by atoms with Crippen LogP contribution in [-0.2, 0) is 0 Å². The normalized spacial score (nSPS) is 10.8. The van der Waals surface area contributed by atoms with E-state index >= 15 is 0 Å². The molecule has 0 unspecified atom stereocenters. The summed E-state index contributed by atoms with van der Waals surface area (Å²) in [5.74, 6) is -0.434. The molecule has 166 valence electrons. The maximum atomic E-state index is 13.6. The Morgan fingerprint density at radius 3 is 2.12 bits per heavy atom. The van der Waals surface area contributed by atoms with Crippen LogP contribution >= 0.6 is 11.6 Å². The molecule has 33 heavy (non-hydrogen) atoms. The number of benzene rings is 3. The predicted molar refractivity (Wildman–Crippen MR) is 136 cm³/mol. The molecule has 0 bridgehead atoms. The predicted octanol–water partition coefficient (Wildman–Crippen LogP) is 6.64. The highest BCUT2D eigenvalue weighted by molar-refractivity contribution is 6.30. The number of aryl methyl sites for hydroxylation is 4. The zero-order chi connectivity index (χ0) is 23.7. The van der Waals surface area contributed by atoms with E-state index in [1.807, 2.05) is 86.9 Å². The highest BCUT2D eigenvalue weighted by Crippen LogP contribution is 2.29. The minimum atomic E-state index is -0.434. The molecule has 1 N–H and O–H groups in total. The van der Waals surface area contributed by atoms with E-state index in [4.69, 9.17) is 11.6 Å². The van der Waals surface area contributed by atoms with E-state index in [1.165, 1.54) is 6.07 Å². The molecule has 0 aliphatic heterocycles. The van der Waals surface area contributed by atoms with E-state index in [-0.39, 0.29) is 11.0 Å². The Morgan fingerprint density at radius 2 is 1.48 bits per heavy atom. The summed E-state index contributed by atoms with van der Waals surface area (Å²) in [6.07, 6.45) is 0. The quantitative estimate of drug-likeness (QED) is 0.374. The highest BCUT2D eigenvalue weighted by Gasteiger charge is 2.23. The molecule has 0 radical (unpaired) electrons. The first kappa shape index (κ1) is 22.6. The molecule has 4 aromatic rings. The van der Waals surface area contributed by atoms with E-state index in [0.717, 1.165) is 39.3 Å². The number of para-hydroxylation sites is 1. The van der Waals surface area contributed by atoms with Crippen molar-refractivity contribution in [3.05, 3.63) is 116 Å². The van der Waals surface area contributed by atoms with Gasteiger partial charge in [0.1, 0.15) is 5.56 Å². The van der Waals surface area contributed by atoms with Gasteiger partial charge in [0.25, 0.3) is 5.91 Å². The molecule has 4 nitrogen and oxygen atoms in total. The number of anilines is 1. The number of pyridine rings is 1. The summed E-state index contributed by atoms with van der Waals surface area (Å²) in [6.45, 7) is 7.72. The third-order valence-electron chi connectivity index (χ3n) is 5.72. The second-order valence-electron chi connectivity index (χ2n) is 8.28. The van der Waals surface area contributed by atoms with E-state index in [0.29, 0.717) is 10.7 Å². The first-order chi connectivity index (χ1) is 15.8. The van der Waals surface area contributed by atoms with Crippen molar-refractivity contribution in [2.75, 3.05) is 5.32 Å². The lowest BCUT2D eigenvalue weighted by Crippen LogP contribution is -2.26. The maximum absolute atomic E-state index is 13.6. The Labute approximate surface area is 198 Å². The fraction of sp³-hybridized carbons (Fsp3) is 0.143. The van der Waals surface area contributed by atoms with Gasteiger partial charge in [0.15, 0.2) is 5.43 Å². The summed E-state index contributed by atoms with van der Waals surface area (Å²) in [7, 11) is 0. The first-order valence-corrected chi connectivity index (χ1v) is 11.1. The molecule has 4 rings (SSSR count). The Hall–Kier alpha value is -3.63. The van der Waals surface area contributed by atoms with Gasteiger partial charge in [-0.15, -0.1) is 0 Å². The topological polar surface area (TPSA) is 51.1 Å². The van der Waals surface area contributed by atoms with Crippen LogP contribution in [0.2, 0.25) is 5.02 Å². The SMILES string of the molecule is Cc1cccc(-c2c(C(=O)Nc3c(C)cccc3C)c(=O)cc(C)n2-c2ccc(Cl)cc2)c1. The van der Waals surface area contributed by atoms with Gasteiger partial charge >= 0.3 is 0 Å².